The minimum Gasteiger partial charge on any atom is -0.465 e. The van der Waals surface area contributed by atoms with Gasteiger partial charge in [0.05, 0.1) is 17.4 Å². The smallest absolute Gasteiger partial charge is 0.316 e. The Hall–Kier alpha value is -1.07. The van der Waals surface area contributed by atoms with Gasteiger partial charge in [0, 0.05) is 12.7 Å². The van der Waals surface area contributed by atoms with E-state index < -0.39 is 0 Å². The predicted octanol–water partition coefficient (Wildman–Crippen LogP) is 2.15. The first kappa shape index (κ1) is 15.0. The van der Waals surface area contributed by atoms with E-state index in [2.05, 4.69) is 23.3 Å². The van der Waals surface area contributed by atoms with Crippen molar-refractivity contribution < 1.29 is 9.53 Å². The Labute approximate surface area is 113 Å². The van der Waals surface area contributed by atoms with Crippen molar-refractivity contribution in [1.82, 2.24) is 10.3 Å². The molecule has 100 valence electrons. The molecule has 1 aromatic heterocycles. The van der Waals surface area contributed by atoms with Gasteiger partial charge in [-0.2, -0.15) is 0 Å². The van der Waals surface area contributed by atoms with Crippen molar-refractivity contribution in [3.8, 4) is 0 Å². The molecule has 0 atom stereocenters. The quantitative estimate of drug-likeness (QED) is 0.606. The summed E-state index contributed by atoms with van der Waals surface area (Å²) < 4.78 is 4.88. The van der Waals surface area contributed by atoms with Crippen molar-refractivity contribution in [2.24, 2.45) is 0 Å². The van der Waals surface area contributed by atoms with E-state index in [1.807, 2.05) is 20.0 Å². The fourth-order valence-electron chi connectivity index (χ4n) is 1.47. The van der Waals surface area contributed by atoms with Gasteiger partial charge in [0.25, 0.3) is 0 Å². The van der Waals surface area contributed by atoms with Gasteiger partial charge in [-0.1, -0.05) is 24.8 Å². The largest absolute Gasteiger partial charge is 0.465 e. The first-order valence-electron chi connectivity index (χ1n) is 6.12. The second kappa shape index (κ2) is 8.11. The maximum Gasteiger partial charge on any atom is 0.316 e. The Morgan fingerprint density at radius 1 is 1.50 bits per heavy atom. The van der Waals surface area contributed by atoms with Gasteiger partial charge >= 0.3 is 5.97 Å². The number of nitrogens with one attached hydrogen (secondary N) is 1. The molecular formula is C13H20N2O2S. The van der Waals surface area contributed by atoms with Crippen molar-refractivity contribution in [2.45, 2.75) is 32.3 Å². The number of hydrogen-bond acceptors (Lipinski definition) is 5. The fraction of sp³-hybridized carbons (Fsp3) is 0.538. The summed E-state index contributed by atoms with van der Waals surface area (Å²) in [5.41, 5.74) is 2.26. The molecule has 0 bridgehead atoms. The van der Waals surface area contributed by atoms with Crippen LogP contribution in [0.25, 0.3) is 0 Å². The lowest BCUT2D eigenvalue weighted by Crippen LogP contribution is -2.12. The standard InChI is InChI=1S/C13H20N2O2S/c1-4-14-7-11-6-10(3)13(15-8-11)18-9-12(16)17-5-2/h6,8,14H,4-5,7,9H2,1-3H3. The summed E-state index contributed by atoms with van der Waals surface area (Å²) in [6.45, 7) is 8.08. The maximum absolute atomic E-state index is 11.3. The Morgan fingerprint density at radius 3 is 2.89 bits per heavy atom. The molecule has 5 heteroatoms. The van der Waals surface area contributed by atoms with Gasteiger partial charge in [0.2, 0.25) is 0 Å². The fourth-order valence-corrected chi connectivity index (χ4v) is 2.22. The highest BCUT2D eigenvalue weighted by molar-refractivity contribution is 7.99. The van der Waals surface area contributed by atoms with E-state index in [1.54, 1.807) is 0 Å². The summed E-state index contributed by atoms with van der Waals surface area (Å²) >= 11 is 1.42. The molecule has 1 rings (SSSR count). The number of esters is 1. The Balaban J connectivity index is 2.54. The van der Waals surface area contributed by atoms with Gasteiger partial charge < -0.3 is 10.1 Å². The van der Waals surface area contributed by atoms with Gasteiger partial charge in [0.15, 0.2) is 0 Å². The summed E-state index contributed by atoms with van der Waals surface area (Å²) in [7, 11) is 0. The molecule has 0 radical (unpaired) electrons. The number of nitrogens with zero attached hydrogens (tertiary/aromatic N) is 1. The summed E-state index contributed by atoms with van der Waals surface area (Å²) in [5.74, 6) is 0.120. The number of thioether (sulfide) groups is 1. The van der Waals surface area contributed by atoms with E-state index >= 15 is 0 Å². The lowest BCUT2D eigenvalue weighted by atomic mass is 10.2. The molecule has 0 aliphatic heterocycles. The van der Waals surface area contributed by atoms with Crippen LogP contribution in [0.4, 0.5) is 0 Å². The van der Waals surface area contributed by atoms with E-state index in [-0.39, 0.29) is 5.97 Å². The van der Waals surface area contributed by atoms with Crippen LogP contribution in [-0.2, 0) is 16.1 Å². The zero-order valence-corrected chi connectivity index (χ0v) is 12.0. The molecule has 0 saturated heterocycles. The maximum atomic E-state index is 11.3. The number of aromatic nitrogens is 1. The van der Waals surface area contributed by atoms with Gasteiger partial charge in [-0.25, -0.2) is 4.98 Å². The number of pyridine rings is 1. The molecule has 4 nitrogen and oxygen atoms in total. The second-order valence-electron chi connectivity index (χ2n) is 3.84. The topological polar surface area (TPSA) is 51.2 Å². The lowest BCUT2D eigenvalue weighted by molar-refractivity contribution is -0.139. The van der Waals surface area contributed by atoms with E-state index in [0.717, 1.165) is 29.2 Å². The third-order valence-electron chi connectivity index (χ3n) is 2.30. The van der Waals surface area contributed by atoms with Crippen LogP contribution in [0.2, 0.25) is 0 Å². The first-order chi connectivity index (χ1) is 8.67. The first-order valence-corrected chi connectivity index (χ1v) is 7.10. The Morgan fingerprint density at radius 2 is 2.28 bits per heavy atom. The summed E-state index contributed by atoms with van der Waals surface area (Å²) in [4.78, 5) is 15.6. The van der Waals surface area contributed by atoms with Gasteiger partial charge in [0.1, 0.15) is 0 Å². The van der Waals surface area contributed by atoms with Crippen molar-refractivity contribution in [3.05, 3.63) is 23.4 Å². The predicted molar refractivity (Wildman–Crippen MR) is 73.7 cm³/mol. The van der Waals surface area contributed by atoms with Crippen LogP contribution in [0.1, 0.15) is 25.0 Å². The molecule has 0 saturated carbocycles. The van der Waals surface area contributed by atoms with Gasteiger partial charge in [-0.3, -0.25) is 4.79 Å². The summed E-state index contributed by atoms with van der Waals surface area (Å²) in [5, 5.41) is 4.15. The SMILES string of the molecule is CCNCc1cnc(SCC(=O)OCC)c(C)c1. The normalized spacial score (nSPS) is 10.4. The van der Waals surface area contributed by atoms with E-state index in [9.17, 15) is 4.79 Å². The third-order valence-corrected chi connectivity index (χ3v) is 3.38. The zero-order chi connectivity index (χ0) is 13.4. The molecule has 0 fully saturated rings. The average molecular weight is 268 g/mol. The lowest BCUT2D eigenvalue weighted by Gasteiger charge is -2.07. The van der Waals surface area contributed by atoms with E-state index in [4.69, 9.17) is 4.74 Å². The van der Waals surface area contributed by atoms with E-state index in [0.29, 0.717) is 12.4 Å². The van der Waals surface area contributed by atoms with Crippen molar-refractivity contribution in [1.29, 1.82) is 0 Å². The molecule has 18 heavy (non-hydrogen) atoms. The van der Waals surface area contributed by atoms with E-state index in [1.165, 1.54) is 11.8 Å². The van der Waals surface area contributed by atoms with Gasteiger partial charge in [-0.05, 0) is 31.5 Å². The average Bonchev–Trinajstić information content (AvgIpc) is 2.35. The van der Waals surface area contributed by atoms with Crippen LogP contribution in [0, 0.1) is 6.92 Å². The Bertz CT molecular complexity index is 397. The molecule has 0 aromatic carbocycles. The highest BCUT2D eigenvalue weighted by Crippen LogP contribution is 2.20. The monoisotopic (exact) mass is 268 g/mol. The van der Waals surface area contributed by atoms with Crippen LogP contribution >= 0.6 is 11.8 Å². The third kappa shape index (κ3) is 5.06. The van der Waals surface area contributed by atoms with Crippen LogP contribution in [-0.4, -0.2) is 29.9 Å². The Kier molecular flexibility index (Phi) is 6.75. The summed E-state index contributed by atoms with van der Waals surface area (Å²) in [6.07, 6.45) is 1.85. The molecule has 0 aliphatic carbocycles. The molecule has 1 N–H and O–H groups in total. The zero-order valence-electron chi connectivity index (χ0n) is 11.2. The minimum atomic E-state index is -0.194. The number of hydrogen-bond donors (Lipinski definition) is 1. The minimum absolute atomic E-state index is 0.194. The van der Waals surface area contributed by atoms with Crippen molar-refractivity contribution in [3.63, 3.8) is 0 Å². The van der Waals surface area contributed by atoms with Crippen LogP contribution in [0.5, 0.6) is 0 Å². The van der Waals surface area contributed by atoms with Crippen molar-refractivity contribution in [2.75, 3.05) is 18.9 Å². The second-order valence-corrected chi connectivity index (χ2v) is 4.80. The van der Waals surface area contributed by atoms with Crippen LogP contribution in [0.3, 0.4) is 0 Å². The molecular weight excluding hydrogens is 248 g/mol. The van der Waals surface area contributed by atoms with Crippen LogP contribution in [0.15, 0.2) is 17.3 Å². The number of rotatable bonds is 7. The molecule has 0 spiro atoms. The molecule has 1 aromatic rings. The number of ether oxygens (including phenoxy) is 1. The number of carbonyl (C=O) groups is 1. The van der Waals surface area contributed by atoms with Gasteiger partial charge in [-0.15, -0.1) is 0 Å². The van der Waals surface area contributed by atoms with Crippen molar-refractivity contribution >= 4 is 17.7 Å². The number of carbonyl (C=O) groups excluding carboxylic acids is 1. The number of aryl methyl sites for hydroxylation is 1. The molecule has 1 heterocycles. The highest BCUT2D eigenvalue weighted by atomic mass is 32.2. The molecule has 0 amide bonds. The molecule has 0 unspecified atom stereocenters. The molecule has 0 aliphatic rings. The van der Waals surface area contributed by atoms with Crippen LogP contribution < -0.4 is 5.32 Å². The highest BCUT2D eigenvalue weighted by Gasteiger charge is 2.07. The summed E-state index contributed by atoms with van der Waals surface area (Å²) in [6, 6.07) is 2.10.